The summed E-state index contributed by atoms with van der Waals surface area (Å²) in [6, 6.07) is 7.54. The molecular formula is C14H11N3O2S. The lowest BCUT2D eigenvalue weighted by Crippen LogP contribution is -2.27. The molecule has 6 heteroatoms. The molecule has 2 aromatic rings. The number of allylic oxidation sites excluding steroid dienone is 1. The van der Waals surface area contributed by atoms with Gasteiger partial charge in [-0.05, 0) is 18.4 Å². The van der Waals surface area contributed by atoms with E-state index < -0.39 is 5.92 Å². The van der Waals surface area contributed by atoms with E-state index in [9.17, 15) is 10.1 Å². The van der Waals surface area contributed by atoms with Gasteiger partial charge in [-0.1, -0.05) is 6.07 Å². The Bertz CT molecular complexity index is 797. The predicted molar refractivity (Wildman–Crippen MR) is 75.4 cm³/mol. The molecule has 3 N–H and O–H groups in total. The summed E-state index contributed by atoms with van der Waals surface area (Å²) in [5.74, 6) is 0.0117. The number of rotatable bonds is 1. The number of nitrogens with one attached hydrogen (secondary N) is 1. The van der Waals surface area contributed by atoms with Gasteiger partial charge in [0, 0.05) is 16.6 Å². The molecule has 0 amide bonds. The number of hydrogen-bond donors (Lipinski definition) is 2. The first-order valence-corrected chi connectivity index (χ1v) is 6.84. The number of thiophene rings is 1. The van der Waals surface area contributed by atoms with Crippen molar-refractivity contribution in [2.75, 3.05) is 0 Å². The van der Waals surface area contributed by atoms with Crippen molar-refractivity contribution < 1.29 is 4.74 Å². The lowest BCUT2D eigenvalue weighted by molar-refractivity contribution is 0.391. The van der Waals surface area contributed by atoms with Crippen LogP contribution in [0, 0.1) is 18.3 Å². The minimum atomic E-state index is -0.465. The van der Waals surface area contributed by atoms with Gasteiger partial charge in [-0.15, -0.1) is 11.3 Å². The number of aryl methyl sites for hydroxylation is 1. The average molecular weight is 285 g/mol. The number of aromatic amines is 1. The zero-order chi connectivity index (χ0) is 14.3. The molecule has 3 rings (SSSR count). The first-order chi connectivity index (χ1) is 9.61. The van der Waals surface area contributed by atoms with Gasteiger partial charge >= 0.3 is 0 Å². The van der Waals surface area contributed by atoms with Crippen LogP contribution >= 0.6 is 11.3 Å². The Kier molecular flexibility index (Phi) is 2.84. The Hall–Kier alpha value is -2.52. The molecule has 0 radical (unpaired) electrons. The van der Waals surface area contributed by atoms with E-state index >= 15 is 0 Å². The number of aromatic nitrogens is 1. The molecule has 2 aromatic heterocycles. The molecule has 0 saturated heterocycles. The lowest BCUT2D eigenvalue weighted by atomic mass is 9.89. The van der Waals surface area contributed by atoms with Gasteiger partial charge in [0.15, 0.2) is 0 Å². The Morgan fingerprint density at radius 2 is 2.35 bits per heavy atom. The van der Waals surface area contributed by atoms with E-state index in [1.165, 1.54) is 11.3 Å². The standard InChI is InChI=1S/C14H11N3O2S/c1-7-5-9-12(14(18)17-7)11(10-3-2-4-20-10)8(6-15)13(16)19-9/h2-5,11H,16H2,1H3,(H,17,18). The fraction of sp³-hybridized carbons (Fsp3) is 0.143. The molecule has 0 bridgehead atoms. The molecule has 5 nitrogen and oxygen atoms in total. The molecule has 1 aliphatic heterocycles. The average Bonchev–Trinajstić information content (AvgIpc) is 2.90. The van der Waals surface area contributed by atoms with Gasteiger partial charge in [0.25, 0.3) is 5.56 Å². The Labute approximate surface area is 118 Å². The second-order valence-electron chi connectivity index (χ2n) is 4.50. The highest BCUT2D eigenvalue weighted by molar-refractivity contribution is 7.10. The van der Waals surface area contributed by atoms with Gasteiger partial charge in [0.1, 0.15) is 17.4 Å². The highest BCUT2D eigenvalue weighted by atomic mass is 32.1. The molecule has 1 aliphatic rings. The molecule has 0 fully saturated rings. The van der Waals surface area contributed by atoms with E-state index in [0.29, 0.717) is 17.0 Å². The SMILES string of the molecule is Cc1cc2c(c(=O)[nH]1)C(c1cccs1)C(C#N)=C(N)O2. The monoisotopic (exact) mass is 285 g/mol. The van der Waals surface area contributed by atoms with Gasteiger partial charge in [0.2, 0.25) is 5.88 Å². The number of fused-ring (bicyclic) bond motifs is 1. The topological polar surface area (TPSA) is 91.9 Å². The molecule has 20 heavy (non-hydrogen) atoms. The van der Waals surface area contributed by atoms with Crippen LogP contribution in [0.3, 0.4) is 0 Å². The van der Waals surface area contributed by atoms with Crippen molar-refractivity contribution in [2.45, 2.75) is 12.8 Å². The van der Waals surface area contributed by atoms with Crippen molar-refractivity contribution in [1.29, 1.82) is 5.26 Å². The molecule has 0 aliphatic carbocycles. The number of H-pyrrole nitrogens is 1. The quantitative estimate of drug-likeness (QED) is 0.837. The summed E-state index contributed by atoms with van der Waals surface area (Å²) in [5.41, 5.74) is 6.97. The molecule has 100 valence electrons. The van der Waals surface area contributed by atoms with Crippen LogP contribution in [0.4, 0.5) is 0 Å². The third kappa shape index (κ3) is 1.80. The van der Waals surface area contributed by atoms with Crippen LogP contribution in [-0.4, -0.2) is 4.98 Å². The minimum Gasteiger partial charge on any atom is -0.440 e. The summed E-state index contributed by atoms with van der Waals surface area (Å²) in [5, 5.41) is 11.2. The number of ether oxygens (including phenoxy) is 1. The lowest BCUT2D eigenvalue weighted by Gasteiger charge is -2.24. The second kappa shape index (κ2) is 4.54. The van der Waals surface area contributed by atoms with Crippen molar-refractivity contribution in [3.63, 3.8) is 0 Å². The van der Waals surface area contributed by atoms with E-state index in [0.717, 1.165) is 4.88 Å². The number of nitrogens with zero attached hydrogens (tertiary/aromatic N) is 1. The molecule has 0 aromatic carbocycles. The largest absolute Gasteiger partial charge is 0.440 e. The van der Waals surface area contributed by atoms with E-state index in [2.05, 4.69) is 11.1 Å². The fourth-order valence-electron chi connectivity index (χ4n) is 2.35. The minimum absolute atomic E-state index is 0.0587. The van der Waals surface area contributed by atoms with Crippen molar-refractivity contribution in [1.82, 2.24) is 4.98 Å². The summed E-state index contributed by atoms with van der Waals surface area (Å²) in [7, 11) is 0. The third-order valence-corrected chi connectivity index (χ3v) is 4.12. The number of nitriles is 1. The van der Waals surface area contributed by atoms with E-state index in [4.69, 9.17) is 10.5 Å². The van der Waals surface area contributed by atoms with Crippen LogP contribution in [0.15, 0.2) is 39.8 Å². The maximum atomic E-state index is 12.3. The fourth-order valence-corrected chi connectivity index (χ4v) is 3.19. The molecular weight excluding hydrogens is 274 g/mol. The summed E-state index contributed by atoms with van der Waals surface area (Å²) in [6.45, 7) is 1.77. The van der Waals surface area contributed by atoms with Gasteiger partial charge in [-0.25, -0.2) is 0 Å². The maximum absolute atomic E-state index is 12.3. The molecule has 1 unspecified atom stereocenters. The predicted octanol–water partition coefficient (Wildman–Crippen LogP) is 1.96. The van der Waals surface area contributed by atoms with E-state index in [1.54, 1.807) is 13.0 Å². The maximum Gasteiger partial charge on any atom is 0.256 e. The first kappa shape index (κ1) is 12.5. The first-order valence-electron chi connectivity index (χ1n) is 5.96. The number of hydrogen-bond acceptors (Lipinski definition) is 5. The molecule has 3 heterocycles. The Morgan fingerprint density at radius 1 is 1.55 bits per heavy atom. The van der Waals surface area contributed by atoms with Crippen molar-refractivity contribution in [3.8, 4) is 11.8 Å². The van der Waals surface area contributed by atoms with Crippen molar-refractivity contribution in [2.24, 2.45) is 5.73 Å². The number of pyridine rings is 1. The summed E-state index contributed by atoms with van der Waals surface area (Å²) >= 11 is 1.48. The molecule has 0 spiro atoms. The smallest absolute Gasteiger partial charge is 0.256 e. The second-order valence-corrected chi connectivity index (χ2v) is 5.48. The zero-order valence-electron chi connectivity index (χ0n) is 10.6. The van der Waals surface area contributed by atoms with Crippen LogP contribution in [0.25, 0.3) is 0 Å². The van der Waals surface area contributed by atoms with Gasteiger partial charge in [-0.3, -0.25) is 4.79 Å². The number of nitrogens with two attached hydrogens (primary N) is 1. The third-order valence-electron chi connectivity index (χ3n) is 3.18. The zero-order valence-corrected chi connectivity index (χ0v) is 11.5. The highest BCUT2D eigenvalue weighted by Gasteiger charge is 2.33. The van der Waals surface area contributed by atoms with Crippen LogP contribution in [0.1, 0.15) is 22.1 Å². The van der Waals surface area contributed by atoms with Crippen LogP contribution in [0.5, 0.6) is 5.75 Å². The van der Waals surface area contributed by atoms with Crippen molar-refractivity contribution in [3.05, 3.63) is 61.5 Å². The summed E-state index contributed by atoms with van der Waals surface area (Å²) in [4.78, 5) is 15.9. The Morgan fingerprint density at radius 3 is 3.00 bits per heavy atom. The van der Waals surface area contributed by atoms with Gasteiger partial charge < -0.3 is 15.5 Å². The van der Waals surface area contributed by atoms with Gasteiger partial charge in [0.05, 0.1) is 11.5 Å². The normalized spacial score (nSPS) is 17.3. The molecule has 0 saturated carbocycles. The van der Waals surface area contributed by atoms with Crippen LogP contribution in [0.2, 0.25) is 0 Å². The van der Waals surface area contributed by atoms with E-state index in [1.807, 2.05) is 17.5 Å². The van der Waals surface area contributed by atoms with Crippen LogP contribution < -0.4 is 16.0 Å². The van der Waals surface area contributed by atoms with E-state index in [-0.39, 0.29) is 17.0 Å². The van der Waals surface area contributed by atoms with Crippen molar-refractivity contribution >= 4 is 11.3 Å². The highest BCUT2D eigenvalue weighted by Crippen LogP contribution is 2.41. The summed E-state index contributed by atoms with van der Waals surface area (Å²) in [6.07, 6.45) is 0. The molecule has 1 atom stereocenters. The van der Waals surface area contributed by atoms with Gasteiger partial charge in [-0.2, -0.15) is 5.26 Å². The van der Waals surface area contributed by atoms with Crippen LogP contribution in [-0.2, 0) is 0 Å². The Balaban J connectivity index is 2.32. The summed E-state index contributed by atoms with van der Waals surface area (Å²) < 4.78 is 5.44.